The molecule has 5 nitrogen and oxygen atoms in total. The summed E-state index contributed by atoms with van der Waals surface area (Å²) < 4.78 is 13.8. The maximum atomic E-state index is 13.8. The third kappa shape index (κ3) is 2.00. The Morgan fingerprint density at radius 2 is 2.10 bits per heavy atom. The van der Waals surface area contributed by atoms with E-state index in [0.29, 0.717) is 18.2 Å². The molecule has 1 aliphatic carbocycles. The summed E-state index contributed by atoms with van der Waals surface area (Å²) >= 11 is 0. The van der Waals surface area contributed by atoms with Gasteiger partial charge in [0.2, 0.25) is 0 Å². The van der Waals surface area contributed by atoms with Crippen LogP contribution >= 0.6 is 0 Å². The van der Waals surface area contributed by atoms with Gasteiger partial charge in [0.15, 0.2) is 0 Å². The van der Waals surface area contributed by atoms with Crippen molar-refractivity contribution in [3.63, 3.8) is 0 Å². The third-order valence-electron chi connectivity index (χ3n) is 4.51. The van der Waals surface area contributed by atoms with E-state index in [4.69, 9.17) is 10.8 Å². The fourth-order valence-electron chi connectivity index (χ4n) is 3.45. The number of nitrogens with two attached hydrogens (primary N) is 1. The van der Waals surface area contributed by atoms with Gasteiger partial charge in [0.1, 0.15) is 5.82 Å². The number of hydrogen-bond donors (Lipinski definition) is 3. The number of rotatable bonds is 2. The van der Waals surface area contributed by atoms with E-state index in [0.717, 1.165) is 25.5 Å². The van der Waals surface area contributed by atoms with Crippen molar-refractivity contribution in [1.29, 1.82) is 0 Å². The number of aliphatic hydroxyl groups excluding tert-OH is 1. The van der Waals surface area contributed by atoms with Crippen LogP contribution in [-0.2, 0) is 0 Å². The van der Waals surface area contributed by atoms with Gasteiger partial charge in [-0.25, -0.2) is 9.18 Å². The van der Waals surface area contributed by atoms with E-state index in [2.05, 4.69) is 0 Å². The van der Waals surface area contributed by atoms with Gasteiger partial charge in [-0.3, -0.25) is 0 Å². The highest BCUT2D eigenvalue weighted by Crippen LogP contribution is 2.41. The number of carboxylic acid groups (broad SMARTS) is 1. The van der Waals surface area contributed by atoms with Crippen LogP contribution in [0.4, 0.5) is 15.8 Å². The maximum absolute atomic E-state index is 13.8. The molecule has 1 saturated carbocycles. The zero-order chi connectivity index (χ0) is 14.4. The van der Waals surface area contributed by atoms with Gasteiger partial charge < -0.3 is 20.8 Å². The average Bonchev–Trinajstić information content (AvgIpc) is 2.94. The fraction of sp³-hybridized carbons (Fsp3) is 0.500. The topological polar surface area (TPSA) is 86.8 Å². The highest BCUT2D eigenvalue weighted by atomic mass is 19.1. The first kappa shape index (κ1) is 13.2. The Morgan fingerprint density at radius 1 is 1.35 bits per heavy atom. The van der Waals surface area contributed by atoms with Crippen LogP contribution in [0.3, 0.4) is 0 Å². The molecule has 3 rings (SSSR count). The molecule has 1 aliphatic heterocycles. The van der Waals surface area contributed by atoms with Crippen LogP contribution < -0.4 is 10.6 Å². The highest BCUT2D eigenvalue weighted by molar-refractivity contribution is 5.91. The Labute approximate surface area is 115 Å². The SMILES string of the molecule is Nc1cc(C(=O)O)c(F)cc1N1CC2CCC(O)C2C1. The Balaban J connectivity index is 1.89. The van der Waals surface area contributed by atoms with Crippen molar-refractivity contribution in [2.24, 2.45) is 11.8 Å². The molecule has 2 aliphatic rings. The standard InChI is InChI=1S/C14H17FN2O3/c15-10-4-12(11(16)3-8(10)14(19)20)17-5-7-1-2-13(18)9(7)6-17/h3-4,7,9,13,18H,1-2,5-6,16H2,(H,19,20). The maximum Gasteiger partial charge on any atom is 0.338 e. The van der Waals surface area contributed by atoms with Gasteiger partial charge in [0.25, 0.3) is 0 Å². The molecule has 0 amide bonds. The number of carbonyl (C=O) groups is 1. The third-order valence-corrected chi connectivity index (χ3v) is 4.51. The van der Waals surface area contributed by atoms with Gasteiger partial charge in [-0.05, 0) is 24.8 Å². The number of fused-ring (bicyclic) bond motifs is 1. The molecule has 0 aromatic heterocycles. The molecule has 3 atom stereocenters. The second-order valence-electron chi connectivity index (χ2n) is 5.67. The van der Waals surface area contributed by atoms with Gasteiger partial charge in [-0.2, -0.15) is 0 Å². The second-order valence-corrected chi connectivity index (χ2v) is 5.67. The van der Waals surface area contributed by atoms with Gasteiger partial charge in [-0.15, -0.1) is 0 Å². The molecular weight excluding hydrogens is 263 g/mol. The van der Waals surface area contributed by atoms with Crippen LogP contribution in [0.25, 0.3) is 0 Å². The van der Waals surface area contributed by atoms with Crippen LogP contribution in [0.1, 0.15) is 23.2 Å². The first-order valence-corrected chi connectivity index (χ1v) is 6.72. The Kier molecular flexibility index (Phi) is 3.05. The normalized spacial score (nSPS) is 28.7. The summed E-state index contributed by atoms with van der Waals surface area (Å²) in [5.41, 5.74) is 6.23. The number of nitrogen functional groups attached to an aromatic ring is 1. The summed E-state index contributed by atoms with van der Waals surface area (Å²) in [6.07, 6.45) is 1.50. The minimum absolute atomic E-state index is 0.205. The van der Waals surface area contributed by atoms with E-state index < -0.39 is 17.3 Å². The molecule has 20 heavy (non-hydrogen) atoms. The number of benzene rings is 1. The molecule has 2 fully saturated rings. The molecule has 3 unspecified atom stereocenters. The molecule has 1 aromatic carbocycles. The van der Waals surface area contributed by atoms with E-state index in [-0.39, 0.29) is 17.7 Å². The van der Waals surface area contributed by atoms with Crippen molar-refractivity contribution in [3.05, 3.63) is 23.5 Å². The minimum Gasteiger partial charge on any atom is -0.478 e. The highest BCUT2D eigenvalue weighted by Gasteiger charge is 2.42. The van der Waals surface area contributed by atoms with Gasteiger partial charge in [0, 0.05) is 25.1 Å². The molecular formula is C14H17FN2O3. The summed E-state index contributed by atoms with van der Waals surface area (Å²) in [7, 11) is 0. The van der Waals surface area contributed by atoms with Gasteiger partial charge >= 0.3 is 5.97 Å². The first-order chi connectivity index (χ1) is 9.47. The number of aliphatic hydroxyl groups is 1. The summed E-state index contributed by atoms with van der Waals surface area (Å²) in [4.78, 5) is 12.8. The van der Waals surface area contributed by atoms with Crippen molar-refractivity contribution in [2.45, 2.75) is 18.9 Å². The van der Waals surface area contributed by atoms with E-state index in [1.54, 1.807) is 0 Å². The monoisotopic (exact) mass is 280 g/mol. The van der Waals surface area contributed by atoms with Crippen molar-refractivity contribution < 1.29 is 19.4 Å². The first-order valence-electron chi connectivity index (χ1n) is 6.72. The molecule has 0 bridgehead atoms. The minimum atomic E-state index is -1.32. The molecule has 4 N–H and O–H groups in total. The van der Waals surface area contributed by atoms with E-state index in [9.17, 15) is 14.3 Å². The van der Waals surface area contributed by atoms with Crippen LogP contribution in [0.2, 0.25) is 0 Å². The Hall–Kier alpha value is -1.82. The summed E-state index contributed by atoms with van der Waals surface area (Å²) in [5.74, 6) is -1.49. The van der Waals surface area contributed by atoms with Gasteiger partial charge in [-0.1, -0.05) is 0 Å². The van der Waals surface area contributed by atoms with Crippen LogP contribution in [-0.4, -0.2) is 35.4 Å². The lowest BCUT2D eigenvalue weighted by Crippen LogP contribution is -2.25. The number of hydrogen-bond acceptors (Lipinski definition) is 4. The quantitative estimate of drug-likeness (QED) is 0.711. The van der Waals surface area contributed by atoms with Crippen molar-refractivity contribution >= 4 is 17.3 Å². The van der Waals surface area contributed by atoms with E-state index >= 15 is 0 Å². The second kappa shape index (κ2) is 4.63. The number of halogens is 1. The zero-order valence-corrected chi connectivity index (χ0v) is 10.9. The molecule has 1 heterocycles. The van der Waals surface area contributed by atoms with Crippen LogP contribution in [0.15, 0.2) is 12.1 Å². The van der Waals surface area contributed by atoms with E-state index in [1.807, 2.05) is 4.90 Å². The number of nitrogens with zero attached hydrogens (tertiary/aromatic N) is 1. The van der Waals surface area contributed by atoms with Crippen molar-refractivity contribution in [3.8, 4) is 0 Å². The van der Waals surface area contributed by atoms with Crippen molar-refractivity contribution in [1.82, 2.24) is 0 Å². The predicted octanol–water partition coefficient (Wildman–Crippen LogP) is 1.31. The summed E-state index contributed by atoms with van der Waals surface area (Å²) in [6.45, 7) is 1.37. The molecule has 6 heteroatoms. The lowest BCUT2D eigenvalue weighted by Gasteiger charge is -2.22. The molecule has 0 spiro atoms. The number of aromatic carboxylic acids is 1. The smallest absolute Gasteiger partial charge is 0.338 e. The molecule has 0 radical (unpaired) electrons. The molecule has 1 saturated heterocycles. The predicted molar refractivity (Wildman–Crippen MR) is 72.2 cm³/mol. The number of anilines is 2. The number of carboxylic acids is 1. The van der Waals surface area contributed by atoms with Crippen LogP contribution in [0.5, 0.6) is 0 Å². The summed E-state index contributed by atoms with van der Waals surface area (Å²) in [6, 6.07) is 2.35. The van der Waals surface area contributed by atoms with Crippen molar-refractivity contribution in [2.75, 3.05) is 23.7 Å². The van der Waals surface area contributed by atoms with Gasteiger partial charge in [0.05, 0.1) is 23.0 Å². The Bertz CT molecular complexity index is 564. The zero-order valence-electron chi connectivity index (χ0n) is 10.9. The summed E-state index contributed by atoms with van der Waals surface area (Å²) in [5, 5.41) is 18.8. The lowest BCUT2D eigenvalue weighted by atomic mass is 10.00. The lowest BCUT2D eigenvalue weighted by molar-refractivity contribution is 0.0692. The largest absolute Gasteiger partial charge is 0.478 e. The fourth-order valence-corrected chi connectivity index (χ4v) is 3.45. The molecule has 1 aromatic rings. The average molecular weight is 280 g/mol. The van der Waals surface area contributed by atoms with Crippen LogP contribution in [0, 0.1) is 17.7 Å². The van der Waals surface area contributed by atoms with E-state index in [1.165, 1.54) is 6.07 Å². The Morgan fingerprint density at radius 3 is 2.75 bits per heavy atom. The molecule has 108 valence electrons.